The van der Waals surface area contributed by atoms with Crippen LogP contribution in [0.15, 0.2) is 42.6 Å². The van der Waals surface area contributed by atoms with Crippen molar-refractivity contribution in [2.75, 3.05) is 37.6 Å². The Morgan fingerprint density at radius 3 is 2.69 bits per heavy atom. The van der Waals surface area contributed by atoms with Gasteiger partial charge in [0, 0.05) is 50.4 Å². The monoisotopic (exact) mass is 416 g/mol. The molecule has 3 heterocycles. The van der Waals surface area contributed by atoms with Crippen LogP contribution in [-0.4, -0.2) is 54.4 Å². The van der Waals surface area contributed by atoms with Crippen molar-refractivity contribution in [2.45, 2.75) is 12.8 Å². The smallest absolute Gasteiger partial charge is 0.232 e. The summed E-state index contributed by atoms with van der Waals surface area (Å²) >= 11 is 6.00. The molecule has 8 heteroatoms. The molecule has 2 aliphatic heterocycles. The lowest BCUT2D eigenvalue weighted by Crippen LogP contribution is -2.65. The van der Waals surface area contributed by atoms with Gasteiger partial charge in [-0.2, -0.15) is 0 Å². The predicted octanol–water partition coefficient (Wildman–Crippen LogP) is 2.27. The van der Waals surface area contributed by atoms with Gasteiger partial charge in [0.15, 0.2) is 11.6 Å². The maximum absolute atomic E-state index is 14.2. The fourth-order valence-electron chi connectivity index (χ4n) is 4.07. The van der Waals surface area contributed by atoms with Crippen molar-refractivity contribution >= 4 is 29.2 Å². The summed E-state index contributed by atoms with van der Waals surface area (Å²) in [5, 5.41) is 3.43. The third kappa shape index (κ3) is 4.05. The Balaban J connectivity index is 1.58. The Hall–Kier alpha value is -2.67. The number of rotatable bonds is 4. The molecule has 2 amide bonds. The standard InChI is InChI=1S/C21H22ClFN4O2/c22-16-5-3-15(4-6-16)12-21(20(29)26-10-7-18(28)24-9-11-26)13-27(14-21)19-17(23)2-1-8-25-19/h1-6,8H,7,9-14H2,(H,24,28). The lowest BCUT2D eigenvalue weighted by molar-refractivity contribution is -0.143. The maximum atomic E-state index is 14.2. The first-order valence-corrected chi connectivity index (χ1v) is 10.0. The van der Waals surface area contributed by atoms with Crippen LogP contribution >= 0.6 is 11.6 Å². The number of aromatic nitrogens is 1. The lowest BCUT2D eigenvalue weighted by Gasteiger charge is -2.51. The summed E-state index contributed by atoms with van der Waals surface area (Å²) in [7, 11) is 0. The molecule has 0 unspecified atom stereocenters. The first-order valence-electron chi connectivity index (χ1n) is 9.63. The minimum Gasteiger partial charge on any atom is -0.354 e. The van der Waals surface area contributed by atoms with Crippen molar-refractivity contribution in [3.8, 4) is 0 Å². The zero-order valence-electron chi connectivity index (χ0n) is 15.9. The Morgan fingerprint density at radius 2 is 1.97 bits per heavy atom. The van der Waals surface area contributed by atoms with Gasteiger partial charge in [-0.1, -0.05) is 23.7 Å². The lowest BCUT2D eigenvalue weighted by atomic mass is 9.73. The van der Waals surface area contributed by atoms with E-state index in [-0.39, 0.29) is 17.6 Å². The number of pyridine rings is 1. The van der Waals surface area contributed by atoms with E-state index in [4.69, 9.17) is 11.6 Å². The van der Waals surface area contributed by atoms with Gasteiger partial charge in [-0.25, -0.2) is 9.37 Å². The molecule has 0 aliphatic carbocycles. The van der Waals surface area contributed by atoms with Crippen molar-refractivity contribution in [3.05, 3.63) is 59.0 Å². The van der Waals surface area contributed by atoms with E-state index in [1.165, 1.54) is 6.07 Å². The highest BCUT2D eigenvalue weighted by atomic mass is 35.5. The number of carbonyl (C=O) groups excluding carboxylic acids is 2. The molecule has 0 bridgehead atoms. The number of amides is 2. The molecule has 1 aromatic carbocycles. The molecule has 29 heavy (non-hydrogen) atoms. The molecule has 6 nitrogen and oxygen atoms in total. The first kappa shape index (κ1) is 19.6. The number of benzene rings is 1. The third-order valence-electron chi connectivity index (χ3n) is 5.53. The number of nitrogens with zero attached hydrogens (tertiary/aromatic N) is 3. The summed E-state index contributed by atoms with van der Waals surface area (Å²) in [5.41, 5.74) is 0.304. The summed E-state index contributed by atoms with van der Waals surface area (Å²) in [5.74, 6) is -0.182. The SMILES string of the molecule is O=C1CCN(C(=O)C2(Cc3ccc(Cl)cc3)CN(c3ncccc3F)C2)CCN1. The topological polar surface area (TPSA) is 65.5 Å². The number of nitrogens with one attached hydrogen (secondary N) is 1. The fourth-order valence-corrected chi connectivity index (χ4v) is 4.19. The van der Waals surface area contributed by atoms with Gasteiger partial charge < -0.3 is 15.1 Å². The van der Waals surface area contributed by atoms with Crippen LogP contribution in [-0.2, 0) is 16.0 Å². The van der Waals surface area contributed by atoms with Gasteiger partial charge in [-0.3, -0.25) is 9.59 Å². The average Bonchev–Trinajstić information content (AvgIpc) is 2.91. The van der Waals surface area contributed by atoms with Crippen molar-refractivity contribution in [1.29, 1.82) is 0 Å². The van der Waals surface area contributed by atoms with E-state index < -0.39 is 11.2 Å². The molecular formula is C21H22ClFN4O2. The number of anilines is 1. The molecule has 2 fully saturated rings. The molecule has 1 aromatic heterocycles. The van der Waals surface area contributed by atoms with E-state index in [1.54, 1.807) is 34.2 Å². The average molecular weight is 417 g/mol. The van der Waals surface area contributed by atoms with E-state index in [0.29, 0.717) is 50.6 Å². The highest BCUT2D eigenvalue weighted by Crippen LogP contribution is 2.39. The summed E-state index contributed by atoms with van der Waals surface area (Å²) < 4.78 is 14.2. The number of carbonyl (C=O) groups is 2. The van der Waals surface area contributed by atoms with Gasteiger partial charge in [0.05, 0.1) is 5.41 Å². The number of halogens is 2. The maximum Gasteiger partial charge on any atom is 0.232 e. The van der Waals surface area contributed by atoms with Gasteiger partial charge in [-0.15, -0.1) is 0 Å². The highest BCUT2D eigenvalue weighted by molar-refractivity contribution is 6.30. The summed E-state index contributed by atoms with van der Waals surface area (Å²) in [6.07, 6.45) is 2.36. The fraction of sp³-hybridized carbons (Fsp3) is 0.381. The van der Waals surface area contributed by atoms with E-state index in [0.717, 1.165) is 5.56 Å². The minimum atomic E-state index is -0.689. The normalized spacial score (nSPS) is 18.6. The van der Waals surface area contributed by atoms with Crippen molar-refractivity contribution in [2.24, 2.45) is 5.41 Å². The van der Waals surface area contributed by atoms with Crippen LogP contribution in [0, 0.1) is 11.2 Å². The molecule has 0 radical (unpaired) electrons. The molecule has 0 saturated carbocycles. The van der Waals surface area contributed by atoms with E-state index >= 15 is 0 Å². The highest BCUT2D eigenvalue weighted by Gasteiger charge is 2.51. The Labute approximate surface area is 173 Å². The zero-order chi connectivity index (χ0) is 20.4. The molecule has 0 spiro atoms. The molecule has 1 N–H and O–H groups in total. The molecule has 2 saturated heterocycles. The van der Waals surface area contributed by atoms with E-state index in [1.807, 2.05) is 12.1 Å². The van der Waals surface area contributed by atoms with Gasteiger partial charge >= 0.3 is 0 Å². The van der Waals surface area contributed by atoms with Crippen molar-refractivity contribution < 1.29 is 14.0 Å². The van der Waals surface area contributed by atoms with Crippen molar-refractivity contribution in [1.82, 2.24) is 15.2 Å². The Morgan fingerprint density at radius 1 is 1.21 bits per heavy atom. The molecule has 0 atom stereocenters. The van der Waals surface area contributed by atoms with Crippen LogP contribution in [0.4, 0.5) is 10.2 Å². The third-order valence-corrected chi connectivity index (χ3v) is 5.79. The molecule has 2 aliphatic rings. The molecule has 152 valence electrons. The van der Waals surface area contributed by atoms with Gasteiger partial charge in [0.25, 0.3) is 0 Å². The number of hydrogen-bond acceptors (Lipinski definition) is 4. The second-order valence-corrected chi connectivity index (χ2v) is 8.08. The minimum absolute atomic E-state index is 0.00320. The molecular weight excluding hydrogens is 395 g/mol. The first-order chi connectivity index (χ1) is 14.0. The quantitative estimate of drug-likeness (QED) is 0.830. The van der Waals surface area contributed by atoms with Crippen LogP contribution in [0.5, 0.6) is 0 Å². The Bertz CT molecular complexity index is 915. The molecule has 2 aromatic rings. The summed E-state index contributed by atoms with van der Waals surface area (Å²) in [6.45, 7) is 2.07. The van der Waals surface area contributed by atoms with Gasteiger partial charge in [0.2, 0.25) is 11.8 Å². The Kier molecular flexibility index (Phi) is 5.41. The van der Waals surface area contributed by atoms with Crippen LogP contribution < -0.4 is 10.2 Å². The zero-order valence-corrected chi connectivity index (χ0v) is 16.7. The van der Waals surface area contributed by atoms with E-state index in [9.17, 15) is 14.0 Å². The second kappa shape index (κ2) is 7.99. The summed E-state index contributed by atoms with van der Waals surface area (Å²) in [6, 6.07) is 10.3. The van der Waals surface area contributed by atoms with Crippen LogP contribution in [0.25, 0.3) is 0 Å². The number of hydrogen-bond donors (Lipinski definition) is 1. The van der Waals surface area contributed by atoms with Gasteiger partial charge in [0.1, 0.15) is 0 Å². The second-order valence-electron chi connectivity index (χ2n) is 7.64. The predicted molar refractivity (Wildman–Crippen MR) is 108 cm³/mol. The summed E-state index contributed by atoms with van der Waals surface area (Å²) in [4.78, 5) is 32.9. The molecule has 4 rings (SSSR count). The van der Waals surface area contributed by atoms with Crippen LogP contribution in [0.3, 0.4) is 0 Å². The largest absolute Gasteiger partial charge is 0.354 e. The van der Waals surface area contributed by atoms with Crippen LogP contribution in [0.2, 0.25) is 5.02 Å². The van der Waals surface area contributed by atoms with E-state index in [2.05, 4.69) is 10.3 Å². The van der Waals surface area contributed by atoms with Crippen molar-refractivity contribution in [3.63, 3.8) is 0 Å². The van der Waals surface area contributed by atoms with Crippen LogP contribution in [0.1, 0.15) is 12.0 Å². The van der Waals surface area contributed by atoms with Gasteiger partial charge in [-0.05, 0) is 36.2 Å².